The number of hydrogen-bond acceptors (Lipinski definition) is 1. The summed E-state index contributed by atoms with van der Waals surface area (Å²) in [4.78, 5) is 0. The molecule has 0 heterocycles. The van der Waals surface area contributed by atoms with Crippen molar-refractivity contribution in [2.24, 2.45) is 5.73 Å². The first kappa shape index (κ1) is 11.0. The van der Waals surface area contributed by atoms with Crippen LogP contribution >= 0.6 is 23.2 Å². The Labute approximate surface area is 108 Å². The third-order valence-electron chi connectivity index (χ3n) is 3.04. The molecule has 0 radical (unpaired) electrons. The fraction of sp³-hybridized carbons (Fsp3) is 0.0769. The predicted molar refractivity (Wildman–Crippen MR) is 67.9 cm³/mol. The van der Waals surface area contributed by atoms with E-state index < -0.39 is 0 Å². The second kappa shape index (κ2) is 3.70. The van der Waals surface area contributed by atoms with Crippen LogP contribution in [0.1, 0.15) is 17.2 Å². The average molecular weight is 268 g/mol. The highest BCUT2D eigenvalue weighted by atomic mass is 35.5. The van der Waals surface area contributed by atoms with E-state index in [1.54, 1.807) is 12.1 Å². The molecule has 86 valence electrons. The molecule has 0 saturated carbocycles. The molecule has 0 aromatic heterocycles. The Bertz CT molecular complexity index is 625. The Morgan fingerprint density at radius 3 is 2.59 bits per heavy atom. The lowest BCUT2D eigenvalue weighted by molar-refractivity contribution is 0.624. The summed E-state index contributed by atoms with van der Waals surface area (Å²) < 4.78 is 13.2. The summed E-state index contributed by atoms with van der Waals surface area (Å²) in [5.74, 6) is -0.297. The lowest BCUT2D eigenvalue weighted by atomic mass is 10.1. The highest BCUT2D eigenvalue weighted by molar-refractivity contribution is 6.36. The second-order valence-electron chi connectivity index (χ2n) is 4.06. The molecule has 0 bridgehead atoms. The van der Waals surface area contributed by atoms with Gasteiger partial charge in [0.15, 0.2) is 0 Å². The first-order valence-corrected chi connectivity index (χ1v) is 5.88. The number of benzene rings is 2. The fourth-order valence-corrected chi connectivity index (χ4v) is 2.93. The molecule has 2 aromatic rings. The van der Waals surface area contributed by atoms with E-state index in [-0.39, 0.29) is 11.9 Å². The van der Waals surface area contributed by atoms with Gasteiger partial charge in [-0.05, 0) is 46.5 Å². The zero-order valence-corrected chi connectivity index (χ0v) is 10.2. The van der Waals surface area contributed by atoms with E-state index in [0.29, 0.717) is 10.0 Å². The van der Waals surface area contributed by atoms with E-state index in [1.807, 2.05) is 6.07 Å². The Hall–Kier alpha value is -1.09. The van der Waals surface area contributed by atoms with Crippen molar-refractivity contribution in [1.82, 2.24) is 0 Å². The normalized spacial score (nSPS) is 16.8. The summed E-state index contributed by atoms with van der Waals surface area (Å²) in [6, 6.07) is 7.65. The van der Waals surface area contributed by atoms with Crippen molar-refractivity contribution in [3.63, 3.8) is 0 Å². The average Bonchev–Trinajstić information content (AvgIpc) is 2.52. The quantitative estimate of drug-likeness (QED) is 0.762. The van der Waals surface area contributed by atoms with E-state index in [1.165, 1.54) is 12.1 Å². The molecule has 0 amide bonds. The van der Waals surface area contributed by atoms with Gasteiger partial charge in [-0.25, -0.2) is 4.39 Å². The van der Waals surface area contributed by atoms with Gasteiger partial charge in [-0.1, -0.05) is 29.3 Å². The van der Waals surface area contributed by atoms with Crippen LogP contribution in [0.25, 0.3) is 11.1 Å². The standard InChI is InChI=1S/C13H8Cl2FN/c14-6-3-9-8-2-1-7(16)5-10(8)13(17)12(9)11(15)4-6/h1-5,13H,17H2. The molecule has 0 spiro atoms. The molecule has 0 fully saturated rings. The van der Waals surface area contributed by atoms with Crippen LogP contribution in [0.4, 0.5) is 4.39 Å². The lowest BCUT2D eigenvalue weighted by Gasteiger charge is -2.08. The van der Waals surface area contributed by atoms with Crippen molar-refractivity contribution in [2.75, 3.05) is 0 Å². The van der Waals surface area contributed by atoms with Gasteiger partial charge in [0.1, 0.15) is 5.82 Å². The zero-order chi connectivity index (χ0) is 12.2. The Kier molecular flexibility index (Phi) is 2.40. The van der Waals surface area contributed by atoms with Crippen LogP contribution < -0.4 is 5.73 Å². The zero-order valence-electron chi connectivity index (χ0n) is 8.68. The monoisotopic (exact) mass is 267 g/mol. The van der Waals surface area contributed by atoms with Gasteiger partial charge in [-0.2, -0.15) is 0 Å². The molecule has 2 N–H and O–H groups in total. The van der Waals surface area contributed by atoms with Crippen molar-refractivity contribution in [3.05, 3.63) is 57.3 Å². The van der Waals surface area contributed by atoms with Crippen molar-refractivity contribution in [2.45, 2.75) is 6.04 Å². The fourth-order valence-electron chi connectivity index (χ4n) is 2.32. The van der Waals surface area contributed by atoms with Gasteiger partial charge in [0.2, 0.25) is 0 Å². The number of nitrogens with two attached hydrogens (primary N) is 1. The maximum absolute atomic E-state index is 13.2. The molecule has 0 saturated heterocycles. The summed E-state index contributed by atoms with van der Waals surface area (Å²) in [6.07, 6.45) is 0. The second-order valence-corrected chi connectivity index (χ2v) is 4.90. The molecular weight excluding hydrogens is 260 g/mol. The van der Waals surface area contributed by atoms with Crippen LogP contribution in [-0.2, 0) is 0 Å². The van der Waals surface area contributed by atoms with E-state index in [4.69, 9.17) is 28.9 Å². The van der Waals surface area contributed by atoms with Gasteiger partial charge >= 0.3 is 0 Å². The number of halogens is 3. The van der Waals surface area contributed by atoms with Crippen molar-refractivity contribution in [1.29, 1.82) is 0 Å². The van der Waals surface area contributed by atoms with Crippen molar-refractivity contribution in [3.8, 4) is 11.1 Å². The maximum atomic E-state index is 13.2. The minimum absolute atomic E-state index is 0.297. The van der Waals surface area contributed by atoms with Crippen LogP contribution in [0.15, 0.2) is 30.3 Å². The topological polar surface area (TPSA) is 26.0 Å². The summed E-state index contributed by atoms with van der Waals surface area (Å²) in [7, 11) is 0. The van der Waals surface area contributed by atoms with Gasteiger partial charge in [-0.3, -0.25) is 0 Å². The van der Waals surface area contributed by atoms with Crippen LogP contribution in [0.2, 0.25) is 10.0 Å². The van der Waals surface area contributed by atoms with Crippen LogP contribution in [0, 0.1) is 5.82 Å². The SMILES string of the molecule is NC1c2cc(F)ccc2-c2cc(Cl)cc(Cl)c21. The van der Waals surface area contributed by atoms with Gasteiger partial charge in [-0.15, -0.1) is 0 Å². The smallest absolute Gasteiger partial charge is 0.123 e. The minimum Gasteiger partial charge on any atom is -0.320 e. The first-order valence-electron chi connectivity index (χ1n) is 5.12. The molecule has 1 unspecified atom stereocenters. The molecule has 1 aliphatic rings. The summed E-state index contributed by atoms with van der Waals surface area (Å²) in [6.45, 7) is 0. The Balaban J connectivity index is 2.35. The van der Waals surface area contributed by atoms with Gasteiger partial charge < -0.3 is 5.73 Å². The Morgan fingerprint density at radius 1 is 1.06 bits per heavy atom. The predicted octanol–water partition coefficient (Wildman–Crippen LogP) is 4.16. The largest absolute Gasteiger partial charge is 0.320 e. The highest BCUT2D eigenvalue weighted by Crippen LogP contribution is 2.46. The number of rotatable bonds is 0. The van der Waals surface area contributed by atoms with Crippen LogP contribution in [-0.4, -0.2) is 0 Å². The van der Waals surface area contributed by atoms with Crippen molar-refractivity contribution >= 4 is 23.2 Å². The van der Waals surface area contributed by atoms with Crippen molar-refractivity contribution < 1.29 is 4.39 Å². The lowest BCUT2D eigenvalue weighted by Crippen LogP contribution is -2.08. The summed E-state index contributed by atoms with van der Waals surface area (Å²) in [5, 5.41) is 1.08. The van der Waals surface area contributed by atoms with Crippen LogP contribution in [0.3, 0.4) is 0 Å². The molecule has 1 nitrogen and oxygen atoms in total. The molecule has 17 heavy (non-hydrogen) atoms. The molecule has 1 aliphatic carbocycles. The van der Waals surface area contributed by atoms with Gasteiger partial charge in [0, 0.05) is 10.0 Å². The van der Waals surface area contributed by atoms with Crippen LogP contribution in [0.5, 0.6) is 0 Å². The number of fused-ring (bicyclic) bond motifs is 3. The molecule has 4 heteroatoms. The molecule has 3 rings (SSSR count). The molecular formula is C13H8Cl2FN. The van der Waals surface area contributed by atoms with E-state index in [9.17, 15) is 4.39 Å². The Morgan fingerprint density at radius 2 is 1.82 bits per heavy atom. The summed E-state index contributed by atoms with van der Waals surface area (Å²) in [5.41, 5.74) is 9.45. The van der Waals surface area contributed by atoms with E-state index in [2.05, 4.69) is 0 Å². The highest BCUT2D eigenvalue weighted by Gasteiger charge is 2.28. The molecule has 2 aromatic carbocycles. The maximum Gasteiger partial charge on any atom is 0.123 e. The van der Waals surface area contributed by atoms with E-state index >= 15 is 0 Å². The third kappa shape index (κ3) is 1.56. The number of hydrogen-bond donors (Lipinski definition) is 1. The van der Waals surface area contributed by atoms with Gasteiger partial charge in [0.25, 0.3) is 0 Å². The summed E-state index contributed by atoms with van der Waals surface area (Å²) >= 11 is 12.1. The first-order chi connectivity index (χ1) is 8.08. The third-order valence-corrected chi connectivity index (χ3v) is 3.58. The van der Waals surface area contributed by atoms with Gasteiger partial charge in [0.05, 0.1) is 6.04 Å². The van der Waals surface area contributed by atoms with E-state index in [0.717, 1.165) is 22.3 Å². The molecule has 1 atom stereocenters. The molecule has 0 aliphatic heterocycles. The minimum atomic E-state index is -0.388.